The average Bonchev–Trinajstić information content (AvgIpc) is 3.37. The molecule has 0 saturated carbocycles. The molecule has 34 heavy (non-hydrogen) atoms. The average molecular weight is 487 g/mol. The van der Waals surface area contributed by atoms with Crippen molar-refractivity contribution >= 4 is 27.7 Å². The van der Waals surface area contributed by atoms with Crippen molar-refractivity contribution in [3.05, 3.63) is 65.2 Å². The van der Waals surface area contributed by atoms with Crippen LogP contribution in [0.4, 0.5) is 0 Å². The molecule has 1 aliphatic rings. The predicted octanol–water partition coefficient (Wildman–Crippen LogP) is 2.96. The van der Waals surface area contributed by atoms with Crippen LogP contribution in [0.2, 0.25) is 0 Å². The van der Waals surface area contributed by atoms with Gasteiger partial charge in [-0.25, -0.2) is 13.2 Å². The lowest BCUT2D eigenvalue weighted by atomic mass is 10.0. The summed E-state index contributed by atoms with van der Waals surface area (Å²) < 4.78 is 31.8. The van der Waals surface area contributed by atoms with Gasteiger partial charge in [0.25, 0.3) is 5.91 Å². The van der Waals surface area contributed by atoms with Crippen LogP contribution in [0.5, 0.6) is 0 Å². The molecular formula is C25H30N2O6S. The second kappa shape index (κ2) is 10.9. The van der Waals surface area contributed by atoms with Crippen LogP contribution in [-0.2, 0) is 19.6 Å². The molecule has 1 saturated heterocycles. The SMILES string of the molecule is Cc1ccc(C(=O)NC(C(=O)OCC(=O)c2ccc(S(=O)(=O)N3CCCC3)cc2)C(C)C)cc1. The highest BCUT2D eigenvalue weighted by molar-refractivity contribution is 7.89. The number of Topliss-reactive ketones (excluding diaryl/α,β-unsaturated/α-hetero) is 1. The van der Waals surface area contributed by atoms with Crippen LogP contribution in [0, 0.1) is 12.8 Å². The van der Waals surface area contributed by atoms with E-state index in [2.05, 4.69) is 5.32 Å². The first-order chi connectivity index (χ1) is 16.1. The number of carbonyl (C=O) groups is 3. The van der Waals surface area contributed by atoms with Gasteiger partial charge < -0.3 is 10.1 Å². The molecule has 0 aromatic heterocycles. The number of nitrogens with zero attached hydrogens (tertiary/aromatic N) is 1. The molecule has 0 radical (unpaired) electrons. The van der Waals surface area contributed by atoms with Gasteiger partial charge in [0.2, 0.25) is 10.0 Å². The summed E-state index contributed by atoms with van der Waals surface area (Å²) >= 11 is 0. The number of nitrogens with one attached hydrogen (secondary N) is 1. The molecule has 1 N–H and O–H groups in total. The maximum atomic E-state index is 12.6. The first-order valence-electron chi connectivity index (χ1n) is 11.3. The third-order valence-electron chi connectivity index (χ3n) is 5.75. The molecule has 1 amide bonds. The van der Waals surface area contributed by atoms with Crippen LogP contribution in [0.25, 0.3) is 0 Å². The van der Waals surface area contributed by atoms with Crippen molar-refractivity contribution in [3.63, 3.8) is 0 Å². The smallest absolute Gasteiger partial charge is 0.329 e. The molecule has 9 heteroatoms. The molecule has 1 aliphatic heterocycles. The zero-order valence-corrected chi connectivity index (χ0v) is 20.4. The lowest BCUT2D eigenvalue weighted by Gasteiger charge is -2.21. The maximum absolute atomic E-state index is 12.6. The van der Waals surface area contributed by atoms with E-state index in [0.717, 1.165) is 18.4 Å². The van der Waals surface area contributed by atoms with Gasteiger partial charge in [-0.2, -0.15) is 4.31 Å². The van der Waals surface area contributed by atoms with E-state index in [1.165, 1.54) is 28.6 Å². The monoisotopic (exact) mass is 486 g/mol. The van der Waals surface area contributed by atoms with Crippen LogP contribution in [-0.4, -0.2) is 56.1 Å². The van der Waals surface area contributed by atoms with Gasteiger partial charge in [-0.15, -0.1) is 0 Å². The summed E-state index contributed by atoms with van der Waals surface area (Å²) in [5.74, 6) is -1.84. The number of sulfonamides is 1. The Morgan fingerprint density at radius 1 is 0.941 bits per heavy atom. The number of hydrogen-bond donors (Lipinski definition) is 1. The van der Waals surface area contributed by atoms with E-state index in [0.29, 0.717) is 18.7 Å². The van der Waals surface area contributed by atoms with Gasteiger partial charge in [0.05, 0.1) is 4.90 Å². The van der Waals surface area contributed by atoms with Gasteiger partial charge in [-0.05, 0) is 62.1 Å². The van der Waals surface area contributed by atoms with Crippen molar-refractivity contribution in [2.75, 3.05) is 19.7 Å². The summed E-state index contributed by atoms with van der Waals surface area (Å²) in [6, 6.07) is 11.6. The van der Waals surface area contributed by atoms with Gasteiger partial charge in [0.15, 0.2) is 12.4 Å². The van der Waals surface area contributed by atoms with Crippen molar-refractivity contribution in [2.45, 2.75) is 44.6 Å². The first kappa shape index (κ1) is 25.6. The van der Waals surface area contributed by atoms with Crippen molar-refractivity contribution in [2.24, 2.45) is 5.92 Å². The second-order valence-corrected chi connectivity index (χ2v) is 10.7. The van der Waals surface area contributed by atoms with E-state index < -0.39 is 40.3 Å². The normalized spacial score (nSPS) is 15.2. The van der Waals surface area contributed by atoms with Gasteiger partial charge in [0.1, 0.15) is 6.04 Å². The van der Waals surface area contributed by atoms with E-state index in [9.17, 15) is 22.8 Å². The number of carbonyl (C=O) groups excluding carboxylic acids is 3. The van der Waals surface area contributed by atoms with Gasteiger partial charge in [0, 0.05) is 24.2 Å². The van der Waals surface area contributed by atoms with E-state index in [1.807, 2.05) is 6.92 Å². The molecule has 1 fully saturated rings. The molecule has 0 spiro atoms. The number of aryl methyl sites for hydroxylation is 1. The Bertz CT molecular complexity index is 1130. The van der Waals surface area contributed by atoms with Crippen LogP contribution in [0.3, 0.4) is 0 Å². The lowest BCUT2D eigenvalue weighted by molar-refractivity contribution is -0.145. The Kier molecular flexibility index (Phi) is 8.22. The number of benzene rings is 2. The van der Waals surface area contributed by atoms with E-state index in [4.69, 9.17) is 4.74 Å². The molecule has 2 aromatic carbocycles. The number of amides is 1. The Morgan fingerprint density at radius 3 is 2.06 bits per heavy atom. The zero-order valence-electron chi connectivity index (χ0n) is 19.6. The quantitative estimate of drug-likeness (QED) is 0.431. The Morgan fingerprint density at radius 2 is 1.50 bits per heavy atom. The zero-order chi connectivity index (χ0) is 24.9. The van der Waals surface area contributed by atoms with E-state index in [-0.39, 0.29) is 16.4 Å². The highest BCUT2D eigenvalue weighted by Gasteiger charge is 2.28. The molecular weight excluding hydrogens is 456 g/mol. The number of esters is 1. The van der Waals surface area contributed by atoms with Crippen molar-refractivity contribution in [1.82, 2.24) is 9.62 Å². The Hall–Kier alpha value is -3.04. The second-order valence-electron chi connectivity index (χ2n) is 8.73. The molecule has 3 rings (SSSR count). The molecule has 0 aliphatic carbocycles. The minimum atomic E-state index is -3.57. The standard InChI is InChI=1S/C25H30N2O6S/c1-17(2)23(26-24(29)20-8-6-18(3)7-9-20)25(30)33-16-22(28)19-10-12-21(13-11-19)34(31,32)27-14-4-5-15-27/h6-13,17,23H,4-5,14-16H2,1-3H3,(H,26,29). The summed E-state index contributed by atoms with van der Waals surface area (Å²) in [5.41, 5.74) is 1.67. The van der Waals surface area contributed by atoms with Crippen LogP contribution in [0.15, 0.2) is 53.4 Å². The topological polar surface area (TPSA) is 110 Å². The predicted molar refractivity (Wildman–Crippen MR) is 127 cm³/mol. The molecule has 1 heterocycles. The fraction of sp³-hybridized carbons (Fsp3) is 0.400. The van der Waals surface area contributed by atoms with Gasteiger partial charge in [-0.1, -0.05) is 31.5 Å². The Balaban J connectivity index is 1.59. The van der Waals surface area contributed by atoms with E-state index >= 15 is 0 Å². The minimum absolute atomic E-state index is 0.127. The summed E-state index contributed by atoms with van der Waals surface area (Å²) in [6.07, 6.45) is 1.67. The van der Waals surface area contributed by atoms with Crippen LogP contribution in [0.1, 0.15) is 53.0 Å². The molecule has 182 valence electrons. The highest BCUT2D eigenvalue weighted by Crippen LogP contribution is 2.21. The number of ketones is 1. The number of ether oxygens (including phenoxy) is 1. The first-order valence-corrected chi connectivity index (χ1v) is 12.7. The lowest BCUT2D eigenvalue weighted by Crippen LogP contribution is -2.45. The Labute approximate surface area is 200 Å². The van der Waals surface area contributed by atoms with Gasteiger partial charge in [-0.3, -0.25) is 9.59 Å². The largest absolute Gasteiger partial charge is 0.456 e. The summed E-state index contributed by atoms with van der Waals surface area (Å²) in [4.78, 5) is 37.7. The molecule has 1 unspecified atom stereocenters. The summed E-state index contributed by atoms with van der Waals surface area (Å²) in [7, 11) is -3.57. The van der Waals surface area contributed by atoms with Gasteiger partial charge >= 0.3 is 5.97 Å². The van der Waals surface area contributed by atoms with Crippen LogP contribution < -0.4 is 5.32 Å². The molecule has 1 atom stereocenters. The maximum Gasteiger partial charge on any atom is 0.329 e. The van der Waals surface area contributed by atoms with Crippen molar-refractivity contribution in [1.29, 1.82) is 0 Å². The van der Waals surface area contributed by atoms with Crippen molar-refractivity contribution < 1.29 is 27.5 Å². The molecule has 8 nitrogen and oxygen atoms in total. The van der Waals surface area contributed by atoms with Crippen molar-refractivity contribution in [3.8, 4) is 0 Å². The number of rotatable bonds is 9. The van der Waals surface area contributed by atoms with Crippen LogP contribution >= 0.6 is 0 Å². The molecule has 0 bridgehead atoms. The fourth-order valence-corrected chi connectivity index (χ4v) is 5.14. The molecule has 2 aromatic rings. The minimum Gasteiger partial charge on any atom is -0.456 e. The summed E-state index contributed by atoms with van der Waals surface area (Å²) in [5, 5.41) is 2.67. The van der Waals surface area contributed by atoms with E-state index in [1.54, 1.807) is 38.1 Å². The third kappa shape index (κ3) is 6.09. The summed E-state index contributed by atoms with van der Waals surface area (Å²) in [6.45, 7) is 5.92. The highest BCUT2D eigenvalue weighted by atomic mass is 32.2. The third-order valence-corrected chi connectivity index (χ3v) is 7.66. The number of hydrogen-bond acceptors (Lipinski definition) is 6. The fourth-order valence-electron chi connectivity index (χ4n) is 3.63.